The largest absolute Gasteiger partial charge is 0.459 e. The monoisotopic (exact) mass is 224 g/mol. The first kappa shape index (κ1) is 14.0. The summed E-state index contributed by atoms with van der Waals surface area (Å²) in [6.07, 6.45) is -3.34. The summed E-state index contributed by atoms with van der Waals surface area (Å²) in [6.45, 7) is 6.30. The molecular weight excluding hydrogens is 209 g/mol. The van der Waals surface area contributed by atoms with Crippen molar-refractivity contribution in [1.29, 1.82) is 0 Å². The van der Waals surface area contributed by atoms with Crippen molar-refractivity contribution in [3.8, 4) is 0 Å². The minimum absolute atomic E-state index is 0.457. The fraction of sp³-hybridized carbons (Fsp3) is 0.700. The van der Waals surface area contributed by atoms with Crippen molar-refractivity contribution in [2.45, 2.75) is 45.4 Å². The van der Waals surface area contributed by atoms with Crippen molar-refractivity contribution >= 4 is 5.97 Å². The predicted octanol–water partition coefficient (Wildman–Crippen LogP) is 3.23. The van der Waals surface area contributed by atoms with Gasteiger partial charge in [0, 0.05) is 0 Å². The van der Waals surface area contributed by atoms with E-state index in [0.717, 1.165) is 6.42 Å². The Morgan fingerprint density at radius 2 is 1.93 bits per heavy atom. The number of esters is 1. The molecule has 0 saturated carbocycles. The van der Waals surface area contributed by atoms with Crippen LogP contribution in [-0.2, 0) is 9.53 Å². The highest BCUT2D eigenvalue weighted by molar-refractivity contribution is 5.89. The molecule has 0 saturated heterocycles. The molecule has 0 aromatic rings. The standard InChI is InChI=1S/C10H15F3O2/c1-4-6-8(5-2)15-9(14)7(3)10(11,12)13/h8H,3-6H2,1-2H3. The summed E-state index contributed by atoms with van der Waals surface area (Å²) in [5.74, 6) is -1.37. The molecule has 0 heterocycles. The van der Waals surface area contributed by atoms with E-state index in [-0.39, 0.29) is 0 Å². The smallest absolute Gasteiger partial charge is 0.422 e. The van der Waals surface area contributed by atoms with Crippen LogP contribution in [0.1, 0.15) is 33.1 Å². The van der Waals surface area contributed by atoms with E-state index in [1.807, 2.05) is 6.92 Å². The molecule has 0 radical (unpaired) electrons. The van der Waals surface area contributed by atoms with Gasteiger partial charge in [0.05, 0.1) is 0 Å². The number of alkyl halides is 3. The molecule has 0 spiro atoms. The Hall–Kier alpha value is -1.00. The van der Waals surface area contributed by atoms with Crippen molar-refractivity contribution in [1.82, 2.24) is 0 Å². The zero-order valence-electron chi connectivity index (χ0n) is 8.86. The SMILES string of the molecule is C=C(C(=O)OC(CC)CCC)C(F)(F)F. The van der Waals surface area contributed by atoms with Crippen LogP contribution >= 0.6 is 0 Å². The topological polar surface area (TPSA) is 26.3 Å². The summed E-state index contributed by atoms with van der Waals surface area (Å²) in [5, 5.41) is 0. The van der Waals surface area contributed by atoms with Crippen molar-refractivity contribution in [3.05, 3.63) is 12.2 Å². The number of hydrogen-bond donors (Lipinski definition) is 0. The van der Waals surface area contributed by atoms with E-state index in [2.05, 4.69) is 11.3 Å². The van der Waals surface area contributed by atoms with Crippen molar-refractivity contribution in [2.24, 2.45) is 0 Å². The second kappa shape index (κ2) is 5.78. The summed E-state index contributed by atoms with van der Waals surface area (Å²) in [6, 6.07) is 0. The second-order valence-electron chi connectivity index (χ2n) is 3.20. The highest BCUT2D eigenvalue weighted by Gasteiger charge is 2.38. The lowest BCUT2D eigenvalue weighted by Crippen LogP contribution is -2.25. The fourth-order valence-corrected chi connectivity index (χ4v) is 1.01. The molecule has 5 heteroatoms. The normalized spacial score (nSPS) is 13.4. The molecular formula is C10H15F3O2. The number of hydrogen-bond acceptors (Lipinski definition) is 2. The van der Waals surface area contributed by atoms with Gasteiger partial charge in [-0.25, -0.2) is 4.79 Å². The average Bonchev–Trinajstić information content (AvgIpc) is 2.14. The lowest BCUT2D eigenvalue weighted by Gasteiger charge is -2.17. The van der Waals surface area contributed by atoms with Gasteiger partial charge in [-0.2, -0.15) is 13.2 Å². The van der Waals surface area contributed by atoms with Crippen LogP contribution in [0.5, 0.6) is 0 Å². The Labute approximate surface area is 87.1 Å². The first-order valence-corrected chi connectivity index (χ1v) is 4.80. The van der Waals surface area contributed by atoms with Crippen LogP contribution in [0.3, 0.4) is 0 Å². The molecule has 0 aromatic heterocycles. The molecule has 15 heavy (non-hydrogen) atoms. The fourth-order valence-electron chi connectivity index (χ4n) is 1.01. The lowest BCUT2D eigenvalue weighted by molar-refractivity contribution is -0.155. The van der Waals surface area contributed by atoms with E-state index in [0.29, 0.717) is 12.8 Å². The summed E-state index contributed by atoms with van der Waals surface area (Å²) in [7, 11) is 0. The van der Waals surface area contributed by atoms with Crippen LogP contribution in [0, 0.1) is 0 Å². The Balaban J connectivity index is 4.29. The molecule has 0 aliphatic carbocycles. The first-order chi connectivity index (χ1) is 6.82. The van der Waals surface area contributed by atoms with Gasteiger partial charge in [-0.05, 0) is 12.8 Å². The van der Waals surface area contributed by atoms with E-state index in [1.165, 1.54) is 0 Å². The minimum atomic E-state index is -4.71. The van der Waals surface area contributed by atoms with Gasteiger partial charge in [0.1, 0.15) is 11.7 Å². The van der Waals surface area contributed by atoms with E-state index in [4.69, 9.17) is 0 Å². The zero-order chi connectivity index (χ0) is 12.1. The van der Waals surface area contributed by atoms with Gasteiger partial charge in [0.2, 0.25) is 0 Å². The summed E-state index contributed by atoms with van der Waals surface area (Å²) >= 11 is 0. The third kappa shape index (κ3) is 4.85. The second-order valence-corrected chi connectivity index (χ2v) is 3.20. The lowest BCUT2D eigenvalue weighted by atomic mass is 10.1. The Morgan fingerprint density at radius 1 is 1.40 bits per heavy atom. The van der Waals surface area contributed by atoms with Crippen LogP contribution in [0.15, 0.2) is 12.2 Å². The van der Waals surface area contributed by atoms with Crippen molar-refractivity contribution in [3.63, 3.8) is 0 Å². The van der Waals surface area contributed by atoms with Gasteiger partial charge in [-0.1, -0.05) is 26.8 Å². The number of rotatable bonds is 5. The van der Waals surface area contributed by atoms with Gasteiger partial charge < -0.3 is 4.74 Å². The molecule has 0 bridgehead atoms. The zero-order valence-corrected chi connectivity index (χ0v) is 8.86. The molecule has 2 nitrogen and oxygen atoms in total. The van der Waals surface area contributed by atoms with Gasteiger partial charge in [0.15, 0.2) is 0 Å². The van der Waals surface area contributed by atoms with Crippen LogP contribution in [0.4, 0.5) is 13.2 Å². The Kier molecular flexibility index (Phi) is 5.39. The average molecular weight is 224 g/mol. The summed E-state index contributed by atoms with van der Waals surface area (Å²) in [4.78, 5) is 11.0. The number of carbonyl (C=O) groups is 1. The van der Waals surface area contributed by atoms with Crippen LogP contribution in [-0.4, -0.2) is 18.2 Å². The quantitative estimate of drug-likeness (QED) is 0.529. The van der Waals surface area contributed by atoms with Crippen LogP contribution < -0.4 is 0 Å². The Morgan fingerprint density at radius 3 is 2.27 bits per heavy atom. The highest BCUT2D eigenvalue weighted by atomic mass is 19.4. The van der Waals surface area contributed by atoms with E-state index in [1.54, 1.807) is 6.92 Å². The molecule has 0 aromatic carbocycles. The van der Waals surface area contributed by atoms with E-state index in [9.17, 15) is 18.0 Å². The maximum Gasteiger partial charge on any atom is 0.422 e. The van der Waals surface area contributed by atoms with Crippen molar-refractivity contribution in [2.75, 3.05) is 0 Å². The van der Waals surface area contributed by atoms with Crippen LogP contribution in [0.25, 0.3) is 0 Å². The molecule has 0 aliphatic heterocycles. The molecule has 0 amide bonds. The maximum absolute atomic E-state index is 12.0. The van der Waals surface area contributed by atoms with Crippen molar-refractivity contribution < 1.29 is 22.7 Å². The third-order valence-electron chi connectivity index (χ3n) is 1.93. The molecule has 1 unspecified atom stereocenters. The van der Waals surface area contributed by atoms with Crippen LogP contribution in [0.2, 0.25) is 0 Å². The van der Waals surface area contributed by atoms with E-state index >= 15 is 0 Å². The maximum atomic E-state index is 12.0. The van der Waals surface area contributed by atoms with Gasteiger partial charge in [-0.15, -0.1) is 0 Å². The van der Waals surface area contributed by atoms with Gasteiger partial charge in [-0.3, -0.25) is 0 Å². The van der Waals surface area contributed by atoms with Gasteiger partial charge in [0.25, 0.3) is 0 Å². The molecule has 0 aliphatic rings. The molecule has 0 fully saturated rings. The summed E-state index contributed by atoms with van der Waals surface area (Å²) < 4.78 is 40.8. The van der Waals surface area contributed by atoms with Gasteiger partial charge >= 0.3 is 12.1 Å². The molecule has 1 atom stereocenters. The summed E-state index contributed by atoms with van der Waals surface area (Å²) in [5.41, 5.74) is -1.45. The predicted molar refractivity (Wildman–Crippen MR) is 50.3 cm³/mol. The third-order valence-corrected chi connectivity index (χ3v) is 1.93. The molecule has 88 valence electrons. The number of carbonyl (C=O) groups excluding carboxylic acids is 1. The molecule has 0 N–H and O–H groups in total. The van der Waals surface area contributed by atoms with E-state index < -0.39 is 23.8 Å². The number of halogens is 3. The first-order valence-electron chi connectivity index (χ1n) is 4.80. The number of ether oxygens (including phenoxy) is 1. The minimum Gasteiger partial charge on any atom is -0.459 e. The molecule has 0 rings (SSSR count). The highest BCUT2D eigenvalue weighted by Crippen LogP contribution is 2.25. The Bertz CT molecular complexity index is 233.